The number of hydrogen-bond donors (Lipinski definition) is 2. The summed E-state index contributed by atoms with van der Waals surface area (Å²) >= 11 is 0. The molecule has 0 atom stereocenters. The van der Waals surface area contributed by atoms with Crippen LogP contribution in [0.15, 0.2) is 24.3 Å². The maximum Gasteiger partial charge on any atom is 0.329 e. The summed E-state index contributed by atoms with van der Waals surface area (Å²) in [6, 6.07) is 7.80. The van der Waals surface area contributed by atoms with Gasteiger partial charge in [0.15, 0.2) is 0 Å². The van der Waals surface area contributed by atoms with Crippen molar-refractivity contribution in [2.75, 3.05) is 0 Å². The summed E-state index contributed by atoms with van der Waals surface area (Å²) in [4.78, 5) is 24.5. The highest BCUT2D eigenvalue weighted by atomic mass is 16.4. The number of carbonyl (C=O) groups excluding carboxylic acids is 1. The number of carbonyl (C=O) groups is 2. The summed E-state index contributed by atoms with van der Waals surface area (Å²) in [6.07, 6.45) is 3.75. The van der Waals surface area contributed by atoms with Gasteiger partial charge in [0, 0.05) is 0 Å². The Hall–Kier alpha value is -1.84. The molecule has 2 N–H and O–H groups in total. The highest BCUT2D eigenvalue weighted by Gasteiger charge is 2.44. The molecule has 0 radical (unpaired) electrons. The van der Waals surface area contributed by atoms with E-state index in [4.69, 9.17) is 0 Å². The van der Waals surface area contributed by atoms with Crippen molar-refractivity contribution in [2.24, 2.45) is 0 Å². The molecule has 1 amide bonds. The summed E-state index contributed by atoms with van der Waals surface area (Å²) in [7, 11) is 0. The molecule has 0 saturated heterocycles. The number of carboxylic acid groups (broad SMARTS) is 1. The van der Waals surface area contributed by atoms with Crippen molar-refractivity contribution in [3.05, 3.63) is 35.4 Å². The van der Waals surface area contributed by atoms with Gasteiger partial charge in [-0.15, -0.1) is 0 Å². The zero-order valence-corrected chi connectivity index (χ0v) is 13.6. The van der Waals surface area contributed by atoms with Crippen molar-refractivity contribution in [3.8, 4) is 0 Å². The minimum absolute atomic E-state index is 0.220. The van der Waals surface area contributed by atoms with Crippen LogP contribution in [-0.2, 0) is 15.0 Å². The van der Waals surface area contributed by atoms with E-state index in [1.165, 1.54) is 0 Å². The van der Waals surface area contributed by atoms with Gasteiger partial charge in [0.2, 0.25) is 5.91 Å². The Morgan fingerprint density at radius 3 is 2.36 bits per heavy atom. The van der Waals surface area contributed by atoms with Crippen molar-refractivity contribution >= 4 is 11.9 Å². The zero-order chi connectivity index (χ0) is 16.4. The molecule has 1 fully saturated rings. The summed E-state index contributed by atoms with van der Waals surface area (Å²) in [5, 5.41) is 12.5. The number of aliphatic carboxylic acids is 1. The van der Waals surface area contributed by atoms with E-state index < -0.39 is 16.9 Å². The third-order valence-electron chi connectivity index (χ3n) is 4.78. The van der Waals surface area contributed by atoms with Crippen molar-refractivity contribution < 1.29 is 14.7 Å². The quantitative estimate of drug-likeness (QED) is 0.897. The van der Waals surface area contributed by atoms with Gasteiger partial charge < -0.3 is 10.4 Å². The Bertz CT molecular complexity index is 571. The second-order valence-electron chi connectivity index (χ2n) is 6.90. The molecular weight excluding hydrogens is 278 g/mol. The lowest BCUT2D eigenvalue weighted by Crippen LogP contribution is -2.59. The monoisotopic (exact) mass is 303 g/mol. The number of carboxylic acids is 1. The third-order valence-corrected chi connectivity index (χ3v) is 4.78. The standard InChI is InChI=1S/C18H25NO3/c1-13-8-7-9-14(12-13)17(2,3)15(20)19-18(16(21)22)10-5-4-6-11-18/h7-9,12H,4-6,10-11H2,1-3H3,(H,19,20)(H,21,22). The van der Waals surface area contributed by atoms with Crippen molar-refractivity contribution in [3.63, 3.8) is 0 Å². The fourth-order valence-corrected chi connectivity index (χ4v) is 3.09. The molecule has 4 heteroatoms. The molecule has 0 aliphatic heterocycles. The van der Waals surface area contributed by atoms with Crippen LogP contribution in [0.25, 0.3) is 0 Å². The van der Waals surface area contributed by atoms with E-state index in [1.54, 1.807) is 0 Å². The second kappa shape index (κ2) is 6.11. The Balaban J connectivity index is 2.24. The van der Waals surface area contributed by atoms with Crippen LogP contribution in [0.3, 0.4) is 0 Å². The second-order valence-corrected chi connectivity index (χ2v) is 6.90. The van der Waals surface area contributed by atoms with E-state index in [0.717, 1.165) is 30.4 Å². The van der Waals surface area contributed by atoms with E-state index in [1.807, 2.05) is 45.0 Å². The lowest BCUT2D eigenvalue weighted by Gasteiger charge is -2.37. The molecule has 1 aromatic rings. The predicted octanol–water partition coefficient (Wildman–Crippen LogP) is 3.18. The van der Waals surface area contributed by atoms with Crippen LogP contribution < -0.4 is 5.32 Å². The SMILES string of the molecule is Cc1cccc(C(C)(C)C(=O)NC2(C(=O)O)CCCCC2)c1. The lowest BCUT2D eigenvalue weighted by molar-refractivity contribution is -0.150. The fourth-order valence-electron chi connectivity index (χ4n) is 3.09. The molecule has 0 spiro atoms. The largest absolute Gasteiger partial charge is 0.480 e. The van der Waals surface area contributed by atoms with Gasteiger partial charge in [-0.1, -0.05) is 49.1 Å². The highest BCUT2D eigenvalue weighted by Crippen LogP contribution is 2.31. The van der Waals surface area contributed by atoms with E-state index in [0.29, 0.717) is 12.8 Å². The predicted molar refractivity (Wildman–Crippen MR) is 85.8 cm³/mol. The number of aryl methyl sites for hydroxylation is 1. The summed E-state index contributed by atoms with van der Waals surface area (Å²) < 4.78 is 0. The molecule has 1 saturated carbocycles. The topological polar surface area (TPSA) is 66.4 Å². The van der Waals surface area contributed by atoms with Crippen LogP contribution >= 0.6 is 0 Å². The first-order valence-electron chi connectivity index (χ1n) is 7.91. The number of rotatable bonds is 4. The van der Waals surface area contributed by atoms with E-state index >= 15 is 0 Å². The van der Waals surface area contributed by atoms with Crippen molar-refractivity contribution in [1.82, 2.24) is 5.32 Å². The van der Waals surface area contributed by atoms with Crippen LogP contribution in [0, 0.1) is 6.92 Å². The molecule has 1 aliphatic rings. The molecule has 4 nitrogen and oxygen atoms in total. The first-order valence-corrected chi connectivity index (χ1v) is 7.91. The van der Waals surface area contributed by atoms with Crippen LogP contribution in [0.1, 0.15) is 57.1 Å². The zero-order valence-electron chi connectivity index (χ0n) is 13.6. The average Bonchev–Trinajstić information content (AvgIpc) is 2.48. The van der Waals surface area contributed by atoms with Gasteiger partial charge in [0.25, 0.3) is 0 Å². The average molecular weight is 303 g/mol. The van der Waals surface area contributed by atoms with E-state index in [2.05, 4.69) is 5.32 Å². The molecule has 22 heavy (non-hydrogen) atoms. The number of amides is 1. The maximum atomic E-state index is 12.8. The molecule has 0 unspecified atom stereocenters. The van der Waals surface area contributed by atoms with Crippen LogP contribution in [0.2, 0.25) is 0 Å². The van der Waals surface area contributed by atoms with E-state index in [9.17, 15) is 14.7 Å². The summed E-state index contributed by atoms with van der Waals surface area (Å²) in [5.41, 5.74) is 0.132. The van der Waals surface area contributed by atoms with Gasteiger partial charge in [-0.25, -0.2) is 4.79 Å². The van der Waals surface area contributed by atoms with Crippen molar-refractivity contribution in [2.45, 2.75) is 63.8 Å². The number of hydrogen-bond acceptors (Lipinski definition) is 2. The molecule has 1 aromatic carbocycles. The maximum absolute atomic E-state index is 12.8. The number of nitrogens with one attached hydrogen (secondary N) is 1. The van der Waals surface area contributed by atoms with Crippen LogP contribution in [-0.4, -0.2) is 22.5 Å². The van der Waals surface area contributed by atoms with Crippen LogP contribution in [0.5, 0.6) is 0 Å². The van der Waals surface area contributed by atoms with Gasteiger partial charge in [0.05, 0.1) is 5.41 Å². The Labute approximate surface area is 131 Å². The van der Waals surface area contributed by atoms with Crippen LogP contribution in [0.4, 0.5) is 0 Å². The summed E-state index contributed by atoms with van der Waals surface area (Å²) in [6.45, 7) is 5.67. The molecule has 1 aliphatic carbocycles. The minimum Gasteiger partial charge on any atom is -0.480 e. The highest BCUT2D eigenvalue weighted by molar-refractivity contribution is 5.92. The van der Waals surface area contributed by atoms with Gasteiger partial charge in [-0.2, -0.15) is 0 Å². The first kappa shape index (κ1) is 16.5. The Kier molecular flexibility index (Phi) is 4.59. The first-order chi connectivity index (χ1) is 10.3. The molecule has 0 aromatic heterocycles. The molecular formula is C18H25NO3. The molecule has 0 bridgehead atoms. The molecule has 2 rings (SSSR count). The minimum atomic E-state index is -1.10. The fraction of sp³-hybridized carbons (Fsp3) is 0.556. The smallest absolute Gasteiger partial charge is 0.329 e. The van der Waals surface area contributed by atoms with Gasteiger partial charge in [-0.05, 0) is 39.2 Å². The van der Waals surface area contributed by atoms with E-state index in [-0.39, 0.29) is 5.91 Å². The Morgan fingerprint density at radius 1 is 1.18 bits per heavy atom. The third kappa shape index (κ3) is 3.16. The molecule has 0 heterocycles. The van der Waals surface area contributed by atoms with Gasteiger partial charge in [0.1, 0.15) is 5.54 Å². The van der Waals surface area contributed by atoms with Gasteiger partial charge >= 0.3 is 5.97 Å². The molecule has 120 valence electrons. The van der Waals surface area contributed by atoms with Gasteiger partial charge in [-0.3, -0.25) is 4.79 Å². The normalized spacial score (nSPS) is 17.8. The Morgan fingerprint density at radius 2 is 1.82 bits per heavy atom. The van der Waals surface area contributed by atoms with Crippen molar-refractivity contribution in [1.29, 1.82) is 0 Å². The summed E-state index contributed by atoms with van der Waals surface area (Å²) in [5.74, 6) is -1.14. The number of benzene rings is 1. The lowest BCUT2D eigenvalue weighted by atomic mass is 9.78.